The molecule has 0 N–H and O–H groups in total. The third-order valence-electron chi connectivity index (χ3n) is 2.41. The van der Waals surface area contributed by atoms with Crippen LogP contribution in [0.25, 0.3) is 5.57 Å². The molecule has 68 valence electrons. The van der Waals surface area contributed by atoms with Gasteiger partial charge in [-0.1, -0.05) is 17.7 Å². The van der Waals surface area contributed by atoms with Gasteiger partial charge in [-0.2, -0.15) is 0 Å². The Morgan fingerprint density at radius 1 is 1.08 bits per heavy atom. The molecule has 13 heavy (non-hydrogen) atoms. The van der Waals surface area contributed by atoms with Crippen molar-refractivity contribution in [2.24, 2.45) is 0 Å². The van der Waals surface area contributed by atoms with Gasteiger partial charge in [0.2, 0.25) is 0 Å². The Kier molecular flexibility index (Phi) is 2.36. The van der Waals surface area contributed by atoms with Crippen LogP contribution in [0.3, 0.4) is 0 Å². The molecule has 0 amide bonds. The van der Waals surface area contributed by atoms with Gasteiger partial charge < -0.3 is 0 Å². The lowest BCUT2D eigenvalue weighted by molar-refractivity contribution is 0.980. The maximum Gasteiger partial charge on any atom is 0.0305 e. The Hall–Kier alpha value is -0.820. The molecule has 1 aromatic heterocycles. The van der Waals surface area contributed by atoms with E-state index in [9.17, 15) is 0 Å². The van der Waals surface area contributed by atoms with Crippen molar-refractivity contribution in [1.29, 1.82) is 0 Å². The molecule has 2 rings (SSSR count). The summed E-state index contributed by atoms with van der Waals surface area (Å²) in [6.07, 6.45) is 6.95. The number of hydrogen-bond donors (Lipinski definition) is 0. The average molecular weight is 190 g/mol. The Balaban J connectivity index is 2.28. The highest BCUT2D eigenvalue weighted by Crippen LogP contribution is 2.30. The van der Waals surface area contributed by atoms with Crippen LogP contribution < -0.4 is 0 Å². The van der Waals surface area contributed by atoms with E-state index in [-0.39, 0.29) is 0 Å². The van der Waals surface area contributed by atoms with Gasteiger partial charge in [0, 0.05) is 9.75 Å². The topological polar surface area (TPSA) is 0 Å². The van der Waals surface area contributed by atoms with Gasteiger partial charge in [0.1, 0.15) is 0 Å². The van der Waals surface area contributed by atoms with E-state index in [1.54, 1.807) is 0 Å². The largest absolute Gasteiger partial charge is 0.141 e. The van der Waals surface area contributed by atoms with E-state index < -0.39 is 0 Å². The van der Waals surface area contributed by atoms with Gasteiger partial charge in [-0.3, -0.25) is 0 Å². The van der Waals surface area contributed by atoms with Crippen LogP contribution in [0.15, 0.2) is 29.9 Å². The molecule has 1 aromatic rings. The van der Waals surface area contributed by atoms with E-state index in [0.717, 1.165) is 0 Å². The molecular weight excluding hydrogens is 176 g/mol. The minimum absolute atomic E-state index is 1.21. The van der Waals surface area contributed by atoms with Gasteiger partial charge >= 0.3 is 0 Å². The second kappa shape index (κ2) is 3.51. The van der Waals surface area contributed by atoms with Crippen molar-refractivity contribution in [3.63, 3.8) is 0 Å². The maximum absolute atomic E-state index is 2.27. The first-order valence-corrected chi connectivity index (χ1v) is 5.50. The van der Waals surface area contributed by atoms with Crippen LogP contribution in [0.1, 0.15) is 29.5 Å². The van der Waals surface area contributed by atoms with Crippen LogP contribution in [0.4, 0.5) is 0 Å². The molecule has 1 heterocycles. The van der Waals surface area contributed by atoms with Crippen molar-refractivity contribution < 1.29 is 0 Å². The fourth-order valence-electron chi connectivity index (χ4n) is 1.55. The van der Waals surface area contributed by atoms with E-state index in [4.69, 9.17) is 0 Å². The molecule has 0 spiro atoms. The summed E-state index contributed by atoms with van der Waals surface area (Å²) < 4.78 is 0. The smallest absolute Gasteiger partial charge is 0.0305 e. The first-order chi connectivity index (χ1) is 6.25. The minimum Gasteiger partial charge on any atom is -0.141 e. The Morgan fingerprint density at radius 2 is 1.92 bits per heavy atom. The maximum atomic E-state index is 2.27. The quantitative estimate of drug-likeness (QED) is 0.623. The average Bonchev–Trinajstić information content (AvgIpc) is 2.53. The molecule has 0 aromatic carbocycles. The second-order valence-corrected chi connectivity index (χ2v) is 4.90. The lowest BCUT2D eigenvalue weighted by atomic mass is 9.99. The first-order valence-electron chi connectivity index (χ1n) is 4.69. The molecule has 0 saturated heterocycles. The molecule has 0 radical (unpaired) electrons. The van der Waals surface area contributed by atoms with Crippen LogP contribution in [0, 0.1) is 6.92 Å². The number of hydrogen-bond acceptors (Lipinski definition) is 1. The van der Waals surface area contributed by atoms with Crippen LogP contribution >= 0.6 is 11.3 Å². The lowest BCUT2D eigenvalue weighted by Crippen LogP contribution is -1.88. The normalized spacial score (nSPS) is 16.8. The highest BCUT2D eigenvalue weighted by atomic mass is 32.1. The zero-order chi connectivity index (χ0) is 9.26. The molecule has 1 aliphatic rings. The third kappa shape index (κ3) is 1.92. The van der Waals surface area contributed by atoms with Crippen molar-refractivity contribution in [2.45, 2.75) is 26.7 Å². The molecule has 0 nitrogen and oxygen atoms in total. The van der Waals surface area contributed by atoms with Crippen molar-refractivity contribution >= 4 is 16.9 Å². The summed E-state index contributed by atoms with van der Waals surface area (Å²) >= 11 is 1.90. The predicted molar refractivity (Wildman–Crippen MR) is 60.0 cm³/mol. The Labute approximate surface area is 83.6 Å². The molecule has 0 bridgehead atoms. The van der Waals surface area contributed by atoms with Gasteiger partial charge in [-0.25, -0.2) is 0 Å². The van der Waals surface area contributed by atoms with Gasteiger partial charge in [-0.05, 0) is 44.4 Å². The van der Waals surface area contributed by atoms with Crippen LogP contribution in [0.2, 0.25) is 0 Å². The number of allylic oxidation sites excluding steroid dienone is 4. The molecule has 0 fully saturated rings. The van der Waals surface area contributed by atoms with Crippen LogP contribution in [-0.4, -0.2) is 0 Å². The monoisotopic (exact) mass is 190 g/mol. The van der Waals surface area contributed by atoms with E-state index in [2.05, 4.69) is 38.1 Å². The summed E-state index contributed by atoms with van der Waals surface area (Å²) in [6.45, 7) is 4.37. The molecule has 0 saturated carbocycles. The standard InChI is InChI=1S/C12H14S/c1-9-3-6-11(7-4-9)12-8-5-10(2)13-12/h3,5-6,8H,4,7H2,1-2H3. The fourth-order valence-corrected chi connectivity index (χ4v) is 2.47. The highest BCUT2D eigenvalue weighted by Gasteiger charge is 2.06. The zero-order valence-electron chi connectivity index (χ0n) is 8.13. The Morgan fingerprint density at radius 3 is 2.46 bits per heavy atom. The van der Waals surface area contributed by atoms with Crippen molar-refractivity contribution in [3.05, 3.63) is 39.6 Å². The lowest BCUT2D eigenvalue weighted by Gasteiger charge is -2.09. The van der Waals surface area contributed by atoms with E-state index in [1.165, 1.54) is 33.7 Å². The van der Waals surface area contributed by atoms with E-state index in [1.807, 2.05) is 11.3 Å². The summed E-state index contributed by atoms with van der Waals surface area (Å²) in [7, 11) is 0. The molecular formula is C12H14S. The summed E-state index contributed by atoms with van der Waals surface area (Å²) in [5.41, 5.74) is 3.00. The van der Waals surface area contributed by atoms with Gasteiger partial charge in [-0.15, -0.1) is 11.3 Å². The summed E-state index contributed by atoms with van der Waals surface area (Å²) in [5, 5.41) is 0. The summed E-state index contributed by atoms with van der Waals surface area (Å²) in [4.78, 5) is 2.85. The fraction of sp³-hybridized carbons (Fsp3) is 0.333. The summed E-state index contributed by atoms with van der Waals surface area (Å²) in [5.74, 6) is 0. The first kappa shape index (κ1) is 8.76. The molecule has 0 unspecified atom stereocenters. The SMILES string of the molecule is CC1=CC=C(c2ccc(C)s2)CC1. The molecule has 1 heteroatoms. The van der Waals surface area contributed by atoms with Gasteiger partial charge in [0.05, 0.1) is 0 Å². The third-order valence-corrected chi connectivity index (χ3v) is 3.49. The van der Waals surface area contributed by atoms with Crippen LogP contribution in [0.5, 0.6) is 0 Å². The van der Waals surface area contributed by atoms with Gasteiger partial charge in [0.25, 0.3) is 0 Å². The Bertz CT molecular complexity index is 366. The predicted octanol–water partition coefficient (Wildman–Crippen LogP) is 4.18. The highest BCUT2D eigenvalue weighted by molar-refractivity contribution is 7.13. The molecule has 1 aliphatic carbocycles. The second-order valence-electron chi connectivity index (χ2n) is 3.62. The van der Waals surface area contributed by atoms with Crippen molar-refractivity contribution in [3.8, 4) is 0 Å². The number of rotatable bonds is 1. The zero-order valence-corrected chi connectivity index (χ0v) is 8.95. The molecule has 0 aliphatic heterocycles. The number of aryl methyl sites for hydroxylation is 1. The number of thiophene rings is 1. The van der Waals surface area contributed by atoms with Gasteiger partial charge in [0.15, 0.2) is 0 Å². The molecule has 0 atom stereocenters. The van der Waals surface area contributed by atoms with Crippen molar-refractivity contribution in [2.75, 3.05) is 0 Å². The van der Waals surface area contributed by atoms with E-state index in [0.29, 0.717) is 0 Å². The van der Waals surface area contributed by atoms with E-state index >= 15 is 0 Å². The summed E-state index contributed by atoms with van der Waals surface area (Å²) in [6, 6.07) is 4.44. The van der Waals surface area contributed by atoms with Crippen LogP contribution in [-0.2, 0) is 0 Å². The minimum atomic E-state index is 1.21. The van der Waals surface area contributed by atoms with Crippen molar-refractivity contribution in [1.82, 2.24) is 0 Å².